The summed E-state index contributed by atoms with van der Waals surface area (Å²) in [5.74, 6) is -0.0412. The summed E-state index contributed by atoms with van der Waals surface area (Å²) in [5.41, 5.74) is 3.52. The van der Waals surface area contributed by atoms with Crippen LogP contribution in [0, 0.1) is 6.92 Å². The number of hydroxylamine groups is 1. The fourth-order valence-electron chi connectivity index (χ4n) is 1.64. The van der Waals surface area contributed by atoms with E-state index in [0.717, 1.165) is 37.7 Å². The van der Waals surface area contributed by atoms with E-state index in [-0.39, 0.29) is 5.91 Å². The fraction of sp³-hybridized carbons (Fsp3) is 0.467. The Morgan fingerprint density at radius 1 is 1.11 bits per heavy atom. The molecular formula is C15H22NO2. The van der Waals surface area contributed by atoms with Crippen LogP contribution in [0.1, 0.15) is 44.1 Å². The molecule has 0 saturated heterocycles. The zero-order chi connectivity index (χ0) is 13.1. The summed E-state index contributed by atoms with van der Waals surface area (Å²) in [6, 6.07) is 9.77. The van der Waals surface area contributed by atoms with Crippen molar-refractivity contribution >= 4 is 5.91 Å². The second-order valence-electron chi connectivity index (χ2n) is 4.32. The van der Waals surface area contributed by atoms with Crippen LogP contribution in [0.4, 0.5) is 0 Å². The van der Waals surface area contributed by atoms with Crippen molar-refractivity contribution in [2.75, 3.05) is 0 Å². The van der Waals surface area contributed by atoms with Gasteiger partial charge in [0.2, 0.25) is 5.91 Å². The molecule has 1 N–H and O–H groups in total. The Balaban J connectivity index is 2.00. The smallest absolute Gasteiger partial charge is 0.243 e. The van der Waals surface area contributed by atoms with Crippen LogP contribution in [0.3, 0.4) is 0 Å². The maximum Gasteiger partial charge on any atom is 0.243 e. The van der Waals surface area contributed by atoms with E-state index in [1.165, 1.54) is 0 Å². The van der Waals surface area contributed by atoms with Gasteiger partial charge in [-0.2, -0.15) is 0 Å². The summed E-state index contributed by atoms with van der Waals surface area (Å²) in [7, 11) is 0. The van der Waals surface area contributed by atoms with Crippen molar-refractivity contribution < 1.29 is 9.63 Å². The van der Waals surface area contributed by atoms with Crippen LogP contribution in [0.5, 0.6) is 0 Å². The molecule has 0 aromatic heterocycles. The first-order valence-electron chi connectivity index (χ1n) is 6.56. The van der Waals surface area contributed by atoms with Crippen molar-refractivity contribution in [3.63, 3.8) is 0 Å². The summed E-state index contributed by atoms with van der Waals surface area (Å²) in [5, 5.41) is 0. The Morgan fingerprint density at radius 3 is 2.56 bits per heavy atom. The molecule has 3 heteroatoms. The lowest BCUT2D eigenvalue weighted by Crippen LogP contribution is -2.23. The van der Waals surface area contributed by atoms with Crippen LogP contribution in [-0.2, 0) is 16.2 Å². The number of benzene rings is 1. The molecule has 0 unspecified atom stereocenters. The van der Waals surface area contributed by atoms with Gasteiger partial charge in [-0.25, -0.2) is 5.48 Å². The van der Waals surface area contributed by atoms with Crippen molar-refractivity contribution in [1.82, 2.24) is 5.48 Å². The quantitative estimate of drug-likeness (QED) is 0.537. The topological polar surface area (TPSA) is 38.3 Å². The molecule has 99 valence electrons. The molecule has 0 spiro atoms. The van der Waals surface area contributed by atoms with Gasteiger partial charge in [-0.3, -0.25) is 9.63 Å². The molecule has 1 rings (SSSR count). The molecule has 3 nitrogen and oxygen atoms in total. The highest BCUT2D eigenvalue weighted by Crippen LogP contribution is 2.05. The van der Waals surface area contributed by atoms with Crippen molar-refractivity contribution in [1.29, 1.82) is 0 Å². The molecule has 0 aliphatic rings. The molecule has 18 heavy (non-hydrogen) atoms. The first-order valence-corrected chi connectivity index (χ1v) is 6.56. The standard InChI is InChI=1S/C15H22NO2/c1-2-3-4-5-9-12-15(17)16-18-13-14-10-7-6-8-11-14/h6-8,10-11H,1-5,9,12-13H2,(H,16,17). The Labute approximate surface area is 109 Å². The highest BCUT2D eigenvalue weighted by atomic mass is 16.6. The maximum absolute atomic E-state index is 11.4. The van der Waals surface area contributed by atoms with E-state index in [9.17, 15) is 4.79 Å². The summed E-state index contributed by atoms with van der Waals surface area (Å²) < 4.78 is 0. The SMILES string of the molecule is [CH2]CCCCCCC(=O)NOCc1ccccc1. The van der Waals surface area contributed by atoms with E-state index >= 15 is 0 Å². The van der Waals surface area contributed by atoms with Gasteiger partial charge in [0, 0.05) is 6.42 Å². The van der Waals surface area contributed by atoms with Gasteiger partial charge < -0.3 is 0 Å². The summed E-state index contributed by atoms with van der Waals surface area (Å²) in [6.07, 6.45) is 5.81. The second-order valence-corrected chi connectivity index (χ2v) is 4.32. The Morgan fingerprint density at radius 2 is 1.83 bits per heavy atom. The molecular weight excluding hydrogens is 226 g/mol. The number of carbonyl (C=O) groups is 1. The zero-order valence-corrected chi connectivity index (χ0v) is 10.9. The van der Waals surface area contributed by atoms with Crippen LogP contribution in [0.15, 0.2) is 30.3 Å². The largest absolute Gasteiger partial charge is 0.273 e. The fourth-order valence-corrected chi connectivity index (χ4v) is 1.64. The summed E-state index contributed by atoms with van der Waals surface area (Å²) >= 11 is 0. The molecule has 0 fully saturated rings. The lowest BCUT2D eigenvalue weighted by molar-refractivity contribution is -0.134. The Bertz CT molecular complexity index is 325. The third-order valence-electron chi connectivity index (χ3n) is 2.67. The monoisotopic (exact) mass is 248 g/mol. The van der Waals surface area contributed by atoms with E-state index in [0.29, 0.717) is 13.0 Å². The van der Waals surface area contributed by atoms with Gasteiger partial charge >= 0.3 is 0 Å². The van der Waals surface area contributed by atoms with Gasteiger partial charge in [-0.15, -0.1) is 0 Å². The maximum atomic E-state index is 11.4. The predicted octanol–water partition coefficient (Wildman–Crippen LogP) is 3.41. The Hall–Kier alpha value is -1.35. The third-order valence-corrected chi connectivity index (χ3v) is 2.67. The zero-order valence-electron chi connectivity index (χ0n) is 10.9. The number of hydrogen-bond acceptors (Lipinski definition) is 2. The van der Waals surface area contributed by atoms with Crippen LogP contribution in [-0.4, -0.2) is 5.91 Å². The van der Waals surface area contributed by atoms with Crippen molar-refractivity contribution in [2.45, 2.75) is 45.1 Å². The van der Waals surface area contributed by atoms with Gasteiger partial charge in [0.1, 0.15) is 0 Å². The van der Waals surface area contributed by atoms with Crippen LogP contribution in [0.25, 0.3) is 0 Å². The van der Waals surface area contributed by atoms with Gasteiger partial charge in [-0.1, -0.05) is 62.9 Å². The molecule has 1 amide bonds. The molecule has 0 aliphatic heterocycles. The minimum Gasteiger partial charge on any atom is -0.273 e. The van der Waals surface area contributed by atoms with Gasteiger partial charge in [-0.05, 0) is 12.0 Å². The summed E-state index contributed by atoms with van der Waals surface area (Å²) in [4.78, 5) is 16.6. The second kappa shape index (κ2) is 9.66. The van der Waals surface area contributed by atoms with E-state index in [2.05, 4.69) is 12.4 Å². The lowest BCUT2D eigenvalue weighted by atomic mass is 10.1. The number of hydrogen-bond donors (Lipinski definition) is 1. The predicted molar refractivity (Wildman–Crippen MR) is 72.4 cm³/mol. The lowest BCUT2D eigenvalue weighted by Gasteiger charge is -2.05. The molecule has 0 saturated carbocycles. The molecule has 0 aliphatic carbocycles. The normalized spacial score (nSPS) is 10.3. The minimum absolute atomic E-state index is 0.0412. The molecule has 0 bridgehead atoms. The van der Waals surface area contributed by atoms with Gasteiger partial charge in [0.05, 0.1) is 6.61 Å². The van der Waals surface area contributed by atoms with E-state index < -0.39 is 0 Å². The molecule has 0 atom stereocenters. The molecule has 1 radical (unpaired) electrons. The van der Waals surface area contributed by atoms with Crippen molar-refractivity contribution in [3.05, 3.63) is 42.8 Å². The molecule has 1 aromatic carbocycles. The van der Waals surface area contributed by atoms with Crippen molar-refractivity contribution in [3.8, 4) is 0 Å². The summed E-state index contributed by atoms with van der Waals surface area (Å²) in [6.45, 7) is 4.20. The van der Waals surface area contributed by atoms with E-state index in [1.54, 1.807) is 0 Å². The Kier molecular flexibility index (Phi) is 7.89. The van der Waals surface area contributed by atoms with E-state index in [1.807, 2.05) is 30.3 Å². The first kappa shape index (κ1) is 14.7. The number of rotatable bonds is 9. The van der Waals surface area contributed by atoms with Crippen molar-refractivity contribution in [2.24, 2.45) is 0 Å². The van der Waals surface area contributed by atoms with Gasteiger partial charge in [0.15, 0.2) is 0 Å². The van der Waals surface area contributed by atoms with Crippen LogP contribution >= 0.6 is 0 Å². The van der Waals surface area contributed by atoms with E-state index in [4.69, 9.17) is 4.84 Å². The minimum atomic E-state index is -0.0412. The third kappa shape index (κ3) is 7.07. The highest BCUT2D eigenvalue weighted by Gasteiger charge is 2.00. The van der Waals surface area contributed by atoms with Gasteiger partial charge in [0.25, 0.3) is 0 Å². The number of amides is 1. The molecule has 0 heterocycles. The average molecular weight is 248 g/mol. The number of unbranched alkanes of at least 4 members (excludes halogenated alkanes) is 4. The highest BCUT2D eigenvalue weighted by molar-refractivity contribution is 5.74. The van der Waals surface area contributed by atoms with Crippen LogP contribution < -0.4 is 5.48 Å². The average Bonchev–Trinajstić information content (AvgIpc) is 2.40. The van der Waals surface area contributed by atoms with Crippen LogP contribution in [0.2, 0.25) is 0 Å². The first-order chi connectivity index (χ1) is 8.83. The molecule has 1 aromatic rings. The number of nitrogens with one attached hydrogen (secondary N) is 1. The number of carbonyl (C=O) groups excluding carboxylic acids is 1.